The first kappa shape index (κ1) is 19.4. The summed E-state index contributed by atoms with van der Waals surface area (Å²) in [5.74, 6) is 2.08. The number of hydrogen-bond donors (Lipinski definition) is 1. The van der Waals surface area contributed by atoms with Crippen LogP contribution < -0.4 is 5.32 Å². The number of hydrogen-bond acceptors (Lipinski definition) is 7. The molecule has 6 rings (SSSR count). The first-order chi connectivity index (χ1) is 14.7. The Labute approximate surface area is 183 Å². The smallest absolute Gasteiger partial charge is 0.146 e. The number of aromatic nitrogens is 2. The van der Waals surface area contributed by atoms with Crippen LogP contribution in [0.5, 0.6) is 0 Å². The Kier molecular flexibility index (Phi) is 5.18. The molecule has 4 aliphatic rings. The van der Waals surface area contributed by atoms with E-state index < -0.39 is 0 Å². The zero-order valence-corrected chi connectivity index (χ0v) is 18.8. The van der Waals surface area contributed by atoms with Crippen molar-refractivity contribution in [2.24, 2.45) is 0 Å². The second-order valence-electron chi connectivity index (χ2n) is 9.62. The van der Waals surface area contributed by atoms with Crippen molar-refractivity contribution in [3.8, 4) is 0 Å². The maximum Gasteiger partial charge on any atom is 0.146 e. The molecule has 30 heavy (non-hydrogen) atoms. The number of aryl methyl sites for hydroxylation is 2. The Morgan fingerprint density at radius 2 is 1.97 bits per heavy atom. The normalized spacial score (nSPS) is 28.2. The summed E-state index contributed by atoms with van der Waals surface area (Å²) >= 11 is 1.92. The Hall–Kier alpha value is -1.28. The number of nitrogens with zero attached hydrogens (tertiary/aromatic N) is 4. The highest BCUT2D eigenvalue weighted by atomic mass is 32.1. The molecule has 0 aromatic carbocycles. The highest BCUT2D eigenvalue weighted by Crippen LogP contribution is 2.40. The van der Waals surface area contributed by atoms with Crippen LogP contribution in [0.1, 0.15) is 55.3 Å². The number of fused-ring (bicyclic) bond motifs is 3. The monoisotopic (exact) mass is 427 g/mol. The highest BCUT2D eigenvalue weighted by Gasteiger charge is 2.39. The molecule has 3 fully saturated rings. The van der Waals surface area contributed by atoms with Gasteiger partial charge in [-0.25, -0.2) is 9.97 Å². The number of likely N-dealkylation sites (tertiary alicyclic amines) is 1. The number of anilines is 1. The van der Waals surface area contributed by atoms with Crippen molar-refractivity contribution in [3.05, 3.63) is 16.3 Å². The van der Waals surface area contributed by atoms with Gasteiger partial charge >= 0.3 is 0 Å². The molecule has 4 heterocycles. The van der Waals surface area contributed by atoms with Gasteiger partial charge in [0.1, 0.15) is 16.5 Å². The van der Waals surface area contributed by atoms with E-state index in [1.165, 1.54) is 60.7 Å². The third-order valence-corrected chi connectivity index (χ3v) is 8.50. The molecular weight excluding hydrogens is 394 g/mol. The third-order valence-electron chi connectivity index (χ3n) is 7.31. The summed E-state index contributed by atoms with van der Waals surface area (Å²) in [7, 11) is 0. The number of ether oxygens (including phenoxy) is 1. The van der Waals surface area contributed by atoms with Crippen LogP contribution in [0.15, 0.2) is 0 Å². The second kappa shape index (κ2) is 8.01. The first-order valence-electron chi connectivity index (χ1n) is 11.9. The van der Waals surface area contributed by atoms with Crippen LogP contribution in [0.2, 0.25) is 0 Å². The molecule has 2 aromatic heterocycles. The minimum Gasteiger partial charge on any atom is -0.379 e. The van der Waals surface area contributed by atoms with Gasteiger partial charge in [0.2, 0.25) is 0 Å². The summed E-state index contributed by atoms with van der Waals surface area (Å²) in [6, 6.07) is 2.01. The number of rotatable bonds is 5. The van der Waals surface area contributed by atoms with E-state index in [1.807, 2.05) is 11.3 Å². The molecule has 0 amide bonds. The van der Waals surface area contributed by atoms with Gasteiger partial charge in [0.25, 0.3) is 0 Å². The molecule has 2 saturated heterocycles. The van der Waals surface area contributed by atoms with Gasteiger partial charge in [-0.2, -0.15) is 0 Å². The van der Waals surface area contributed by atoms with Crippen molar-refractivity contribution in [1.29, 1.82) is 0 Å². The Morgan fingerprint density at radius 3 is 2.80 bits per heavy atom. The molecule has 162 valence electrons. The Bertz CT molecular complexity index is 920. The summed E-state index contributed by atoms with van der Waals surface area (Å²) in [4.78, 5) is 18.1. The molecule has 2 aliphatic heterocycles. The molecule has 2 unspecified atom stereocenters. The summed E-state index contributed by atoms with van der Waals surface area (Å²) in [6.45, 7) is 7.96. The zero-order chi connectivity index (χ0) is 20.1. The summed E-state index contributed by atoms with van der Waals surface area (Å²) in [5.41, 5.74) is 1.53. The largest absolute Gasteiger partial charge is 0.379 e. The van der Waals surface area contributed by atoms with Gasteiger partial charge in [0.05, 0.1) is 25.1 Å². The number of nitrogens with one attached hydrogen (secondary N) is 1. The van der Waals surface area contributed by atoms with Gasteiger partial charge in [-0.3, -0.25) is 9.80 Å². The molecular formula is C23H33N5OS. The molecule has 0 radical (unpaired) electrons. The molecule has 2 aliphatic carbocycles. The molecule has 0 bridgehead atoms. The van der Waals surface area contributed by atoms with Crippen molar-refractivity contribution in [2.75, 3.05) is 38.2 Å². The van der Waals surface area contributed by atoms with Crippen LogP contribution in [0, 0.1) is 0 Å². The fourth-order valence-corrected chi connectivity index (χ4v) is 6.89. The maximum absolute atomic E-state index is 5.52. The van der Waals surface area contributed by atoms with E-state index in [0.717, 1.165) is 57.1 Å². The topological polar surface area (TPSA) is 53.5 Å². The quantitative estimate of drug-likeness (QED) is 0.789. The zero-order valence-electron chi connectivity index (χ0n) is 18.0. The lowest BCUT2D eigenvalue weighted by atomic mass is 9.97. The lowest BCUT2D eigenvalue weighted by molar-refractivity contribution is 0.0331. The van der Waals surface area contributed by atoms with Crippen LogP contribution in [0.4, 0.5) is 5.82 Å². The second-order valence-corrected chi connectivity index (χ2v) is 10.7. The van der Waals surface area contributed by atoms with Crippen molar-refractivity contribution >= 4 is 27.4 Å². The molecule has 6 nitrogen and oxygen atoms in total. The summed E-state index contributed by atoms with van der Waals surface area (Å²) < 4.78 is 5.52. The Balaban J connectivity index is 1.32. The highest BCUT2D eigenvalue weighted by molar-refractivity contribution is 7.19. The van der Waals surface area contributed by atoms with Crippen LogP contribution in [-0.2, 0) is 24.1 Å². The SMILES string of the molecule is CC1CC(Nc2nc(CN3CCOCC3)nc3sc4c(c23)CCCC4)CN1C1CC1. The summed E-state index contributed by atoms with van der Waals surface area (Å²) in [5, 5.41) is 5.24. The lowest BCUT2D eigenvalue weighted by Gasteiger charge is -2.26. The Morgan fingerprint density at radius 1 is 1.13 bits per heavy atom. The minimum absolute atomic E-state index is 0.495. The standard InChI is InChI=1S/C23H33N5OS/c1-15-12-16(13-28(15)17-6-7-17)24-22-21-18-4-2-3-5-19(18)30-23(21)26-20(25-22)14-27-8-10-29-11-9-27/h15-17H,2-14H2,1H3,(H,24,25,26). The molecule has 2 aromatic rings. The van der Waals surface area contributed by atoms with E-state index in [1.54, 1.807) is 4.88 Å². The van der Waals surface area contributed by atoms with E-state index in [-0.39, 0.29) is 0 Å². The van der Waals surface area contributed by atoms with Gasteiger partial charge in [0.15, 0.2) is 0 Å². The van der Waals surface area contributed by atoms with Gasteiger partial charge in [0, 0.05) is 42.6 Å². The van der Waals surface area contributed by atoms with Gasteiger partial charge in [-0.05, 0) is 57.4 Å². The van der Waals surface area contributed by atoms with E-state index in [4.69, 9.17) is 14.7 Å². The van der Waals surface area contributed by atoms with Crippen molar-refractivity contribution < 1.29 is 4.74 Å². The predicted octanol–water partition coefficient (Wildman–Crippen LogP) is 3.44. The fourth-order valence-electron chi connectivity index (χ4n) is 5.61. The van der Waals surface area contributed by atoms with Gasteiger partial charge in [-0.1, -0.05) is 0 Å². The van der Waals surface area contributed by atoms with Crippen molar-refractivity contribution in [2.45, 2.75) is 76.5 Å². The van der Waals surface area contributed by atoms with E-state index in [2.05, 4.69) is 22.0 Å². The third kappa shape index (κ3) is 3.74. The molecule has 1 saturated carbocycles. The minimum atomic E-state index is 0.495. The molecule has 7 heteroatoms. The van der Waals surface area contributed by atoms with Crippen LogP contribution >= 0.6 is 11.3 Å². The average molecular weight is 428 g/mol. The lowest BCUT2D eigenvalue weighted by Crippen LogP contribution is -2.36. The molecule has 2 atom stereocenters. The van der Waals surface area contributed by atoms with E-state index in [0.29, 0.717) is 12.1 Å². The fraction of sp³-hybridized carbons (Fsp3) is 0.739. The molecule has 0 spiro atoms. The van der Waals surface area contributed by atoms with Crippen LogP contribution in [0.25, 0.3) is 10.2 Å². The van der Waals surface area contributed by atoms with Gasteiger partial charge < -0.3 is 10.1 Å². The molecule has 1 N–H and O–H groups in total. The summed E-state index contributed by atoms with van der Waals surface area (Å²) in [6.07, 6.45) is 8.99. The van der Waals surface area contributed by atoms with E-state index in [9.17, 15) is 0 Å². The first-order valence-corrected chi connectivity index (χ1v) is 12.7. The number of thiophene rings is 1. The van der Waals surface area contributed by atoms with Crippen molar-refractivity contribution in [1.82, 2.24) is 19.8 Å². The maximum atomic E-state index is 5.52. The predicted molar refractivity (Wildman–Crippen MR) is 121 cm³/mol. The number of morpholine rings is 1. The van der Waals surface area contributed by atoms with Crippen LogP contribution in [0.3, 0.4) is 0 Å². The van der Waals surface area contributed by atoms with Crippen LogP contribution in [-0.4, -0.2) is 70.7 Å². The average Bonchev–Trinajstić information content (AvgIpc) is 3.42. The van der Waals surface area contributed by atoms with Crippen molar-refractivity contribution in [3.63, 3.8) is 0 Å². The van der Waals surface area contributed by atoms with Gasteiger partial charge in [-0.15, -0.1) is 11.3 Å². The van der Waals surface area contributed by atoms with E-state index >= 15 is 0 Å².